The monoisotopic (exact) mass is 150 g/mol. The molecular weight excluding hydrogens is 136 g/mol. The summed E-state index contributed by atoms with van der Waals surface area (Å²) in [5, 5.41) is 8.62. The average molecular weight is 150 g/mol. The third kappa shape index (κ3) is 0.877. The maximum absolute atomic E-state index is 8.62. The number of rotatable bonds is 1. The quantitative estimate of drug-likeness (QED) is 0.614. The van der Waals surface area contributed by atoms with Gasteiger partial charge in [-0.3, -0.25) is 0 Å². The molecule has 0 radical (unpaired) electrons. The third-order valence-corrected chi connectivity index (χ3v) is 3.49. The normalized spacial score (nSPS) is 47.6. The third-order valence-electron chi connectivity index (χ3n) is 3.49. The average Bonchev–Trinajstić information content (AvgIpc) is 1.91. The lowest BCUT2D eigenvalue weighted by molar-refractivity contribution is -0.0207. The molecule has 11 heavy (non-hydrogen) atoms. The maximum Gasteiger partial charge on any atom is 0.0628 e. The first kappa shape index (κ1) is 7.12. The SMILES string of the molecule is N#CCC12CC(CCC1N)C2. The van der Waals surface area contributed by atoms with Crippen LogP contribution in [0.1, 0.15) is 32.1 Å². The molecule has 2 bridgehead atoms. The molecule has 0 amide bonds. The van der Waals surface area contributed by atoms with Gasteiger partial charge in [-0.1, -0.05) is 0 Å². The molecular formula is C9H14N2. The van der Waals surface area contributed by atoms with E-state index in [1.165, 1.54) is 19.3 Å². The molecule has 3 fully saturated rings. The van der Waals surface area contributed by atoms with Crippen molar-refractivity contribution in [1.29, 1.82) is 5.26 Å². The van der Waals surface area contributed by atoms with Crippen LogP contribution in [-0.4, -0.2) is 6.04 Å². The van der Waals surface area contributed by atoms with Gasteiger partial charge >= 0.3 is 0 Å². The predicted octanol–water partition coefficient (Wildman–Crippen LogP) is 1.42. The molecule has 0 spiro atoms. The van der Waals surface area contributed by atoms with Gasteiger partial charge in [0, 0.05) is 12.5 Å². The molecule has 3 saturated carbocycles. The fourth-order valence-electron chi connectivity index (χ4n) is 2.75. The van der Waals surface area contributed by atoms with Crippen LogP contribution < -0.4 is 5.73 Å². The van der Waals surface area contributed by atoms with Crippen molar-refractivity contribution in [3.05, 3.63) is 0 Å². The second kappa shape index (κ2) is 2.22. The fraction of sp³-hybridized carbons (Fsp3) is 0.889. The number of hydrogen-bond donors (Lipinski definition) is 1. The summed E-state index contributed by atoms with van der Waals surface area (Å²) in [5.41, 5.74) is 6.23. The molecule has 60 valence electrons. The van der Waals surface area contributed by atoms with Crippen molar-refractivity contribution in [1.82, 2.24) is 0 Å². The Labute approximate surface area is 67.4 Å². The van der Waals surface area contributed by atoms with E-state index >= 15 is 0 Å². The molecule has 3 aliphatic carbocycles. The first-order valence-electron chi connectivity index (χ1n) is 4.39. The van der Waals surface area contributed by atoms with Crippen LogP contribution in [0, 0.1) is 22.7 Å². The van der Waals surface area contributed by atoms with E-state index in [1.54, 1.807) is 0 Å². The van der Waals surface area contributed by atoms with Crippen molar-refractivity contribution in [2.45, 2.75) is 38.1 Å². The van der Waals surface area contributed by atoms with E-state index in [1.807, 2.05) is 0 Å². The summed E-state index contributed by atoms with van der Waals surface area (Å²) in [6, 6.07) is 2.58. The van der Waals surface area contributed by atoms with Crippen molar-refractivity contribution in [3.63, 3.8) is 0 Å². The minimum Gasteiger partial charge on any atom is -0.327 e. The lowest BCUT2D eigenvalue weighted by Gasteiger charge is -2.55. The largest absolute Gasteiger partial charge is 0.327 e. The Kier molecular flexibility index (Phi) is 1.43. The van der Waals surface area contributed by atoms with E-state index in [4.69, 9.17) is 11.0 Å². The number of nitriles is 1. The van der Waals surface area contributed by atoms with E-state index in [0.717, 1.165) is 12.3 Å². The van der Waals surface area contributed by atoms with Crippen LogP contribution in [0.15, 0.2) is 0 Å². The number of hydrogen-bond acceptors (Lipinski definition) is 2. The van der Waals surface area contributed by atoms with Gasteiger partial charge in [-0.05, 0) is 37.0 Å². The lowest BCUT2D eigenvalue weighted by Crippen LogP contribution is -2.54. The Balaban J connectivity index is 2.08. The highest BCUT2D eigenvalue weighted by molar-refractivity contribution is 5.07. The zero-order chi connectivity index (χ0) is 7.90. The van der Waals surface area contributed by atoms with Gasteiger partial charge in [0.05, 0.1) is 6.07 Å². The van der Waals surface area contributed by atoms with Crippen LogP contribution in [0.4, 0.5) is 0 Å². The van der Waals surface area contributed by atoms with Crippen molar-refractivity contribution < 1.29 is 0 Å². The van der Waals surface area contributed by atoms with Crippen LogP contribution in [0.3, 0.4) is 0 Å². The second-order valence-electron chi connectivity index (χ2n) is 4.16. The Hall–Kier alpha value is -0.550. The maximum atomic E-state index is 8.62. The molecule has 0 saturated heterocycles. The topological polar surface area (TPSA) is 49.8 Å². The predicted molar refractivity (Wildman–Crippen MR) is 42.6 cm³/mol. The van der Waals surface area contributed by atoms with Crippen LogP contribution in [0.25, 0.3) is 0 Å². The van der Waals surface area contributed by atoms with E-state index in [0.29, 0.717) is 12.5 Å². The van der Waals surface area contributed by atoms with Gasteiger partial charge in [-0.25, -0.2) is 0 Å². The zero-order valence-corrected chi connectivity index (χ0v) is 6.71. The molecule has 3 rings (SSSR count). The van der Waals surface area contributed by atoms with Crippen LogP contribution in [0.5, 0.6) is 0 Å². The molecule has 0 aliphatic heterocycles. The highest BCUT2D eigenvalue weighted by Crippen LogP contribution is 2.56. The Morgan fingerprint density at radius 3 is 2.73 bits per heavy atom. The van der Waals surface area contributed by atoms with Gasteiger partial charge in [0.2, 0.25) is 0 Å². The van der Waals surface area contributed by atoms with Gasteiger partial charge in [-0.15, -0.1) is 0 Å². The molecule has 0 aromatic rings. The minimum atomic E-state index is 0.248. The van der Waals surface area contributed by atoms with Crippen molar-refractivity contribution in [2.24, 2.45) is 17.1 Å². The van der Waals surface area contributed by atoms with E-state index in [-0.39, 0.29) is 5.41 Å². The first-order valence-corrected chi connectivity index (χ1v) is 4.39. The fourth-order valence-corrected chi connectivity index (χ4v) is 2.75. The van der Waals surface area contributed by atoms with E-state index in [9.17, 15) is 0 Å². The Bertz CT molecular complexity index is 198. The summed E-state index contributed by atoms with van der Waals surface area (Å²) in [6.07, 6.45) is 5.58. The molecule has 0 aromatic carbocycles. The lowest BCUT2D eigenvalue weighted by atomic mass is 9.51. The van der Waals surface area contributed by atoms with E-state index in [2.05, 4.69) is 6.07 Å². The standard InChI is InChI=1S/C9H14N2/c10-4-3-9-5-7(6-9)1-2-8(9)11/h7-8H,1-3,5-6,11H2. The molecule has 0 heterocycles. The molecule has 1 atom stereocenters. The summed E-state index contributed by atoms with van der Waals surface area (Å²) >= 11 is 0. The number of nitrogens with two attached hydrogens (primary N) is 1. The molecule has 2 heteroatoms. The Morgan fingerprint density at radius 2 is 2.18 bits per heavy atom. The molecule has 2 N–H and O–H groups in total. The summed E-state index contributed by atoms with van der Waals surface area (Å²) < 4.78 is 0. The summed E-state index contributed by atoms with van der Waals surface area (Å²) in [5.74, 6) is 0.906. The molecule has 0 aromatic heterocycles. The van der Waals surface area contributed by atoms with Crippen LogP contribution in [0.2, 0.25) is 0 Å². The summed E-state index contributed by atoms with van der Waals surface area (Å²) in [6.45, 7) is 0. The van der Waals surface area contributed by atoms with Crippen molar-refractivity contribution in [3.8, 4) is 6.07 Å². The highest BCUT2D eigenvalue weighted by Gasteiger charge is 2.51. The second-order valence-corrected chi connectivity index (χ2v) is 4.16. The summed E-state index contributed by atoms with van der Waals surface area (Å²) in [4.78, 5) is 0. The minimum absolute atomic E-state index is 0.248. The highest BCUT2D eigenvalue weighted by atomic mass is 14.7. The number of nitrogens with zero attached hydrogens (tertiary/aromatic N) is 1. The van der Waals surface area contributed by atoms with Gasteiger partial charge in [0.25, 0.3) is 0 Å². The number of fused-ring (bicyclic) bond motifs is 2. The first-order chi connectivity index (χ1) is 5.27. The van der Waals surface area contributed by atoms with E-state index < -0.39 is 0 Å². The smallest absolute Gasteiger partial charge is 0.0628 e. The van der Waals surface area contributed by atoms with Gasteiger partial charge in [0.15, 0.2) is 0 Å². The zero-order valence-electron chi connectivity index (χ0n) is 6.71. The van der Waals surface area contributed by atoms with Crippen LogP contribution in [-0.2, 0) is 0 Å². The molecule has 1 unspecified atom stereocenters. The Morgan fingerprint density at radius 1 is 1.45 bits per heavy atom. The van der Waals surface area contributed by atoms with Gasteiger partial charge in [-0.2, -0.15) is 5.26 Å². The summed E-state index contributed by atoms with van der Waals surface area (Å²) in [7, 11) is 0. The van der Waals surface area contributed by atoms with Gasteiger partial charge < -0.3 is 5.73 Å². The van der Waals surface area contributed by atoms with Gasteiger partial charge in [0.1, 0.15) is 0 Å². The van der Waals surface area contributed by atoms with Crippen molar-refractivity contribution in [2.75, 3.05) is 0 Å². The van der Waals surface area contributed by atoms with Crippen molar-refractivity contribution >= 4 is 0 Å². The molecule has 3 aliphatic rings. The van der Waals surface area contributed by atoms with Crippen LogP contribution >= 0.6 is 0 Å². The molecule has 2 nitrogen and oxygen atoms in total.